The molecule has 24 heavy (non-hydrogen) atoms. The van der Waals surface area contributed by atoms with Gasteiger partial charge in [0.2, 0.25) is 0 Å². The maximum Gasteiger partial charge on any atom is 0.315 e. The molecule has 2 amide bonds. The monoisotopic (exact) mass is 318 g/mol. The Morgan fingerprint density at radius 1 is 0.875 bits per heavy atom. The number of carbonyl (C=O) groups is 1. The van der Waals surface area contributed by atoms with Crippen LogP contribution < -0.4 is 10.6 Å². The van der Waals surface area contributed by atoms with E-state index in [0.717, 1.165) is 17.0 Å². The van der Waals surface area contributed by atoms with Crippen LogP contribution in [0.2, 0.25) is 0 Å². The van der Waals surface area contributed by atoms with E-state index in [1.807, 2.05) is 66.7 Å². The Kier molecular flexibility index (Phi) is 5.14. The van der Waals surface area contributed by atoms with E-state index in [-0.39, 0.29) is 12.1 Å². The highest BCUT2D eigenvalue weighted by molar-refractivity contribution is 5.74. The molecule has 2 aromatic heterocycles. The third-order valence-electron chi connectivity index (χ3n) is 3.55. The molecule has 0 fully saturated rings. The second-order valence-electron chi connectivity index (χ2n) is 5.25. The van der Waals surface area contributed by atoms with Gasteiger partial charge in [0.15, 0.2) is 0 Å². The molecular weight excluding hydrogens is 300 g/mol. The van der Waals surface area contributed by atoms with Gasteiger partial charge in [0.05, 0.1) is 24.0 Å². The first-order valence-electron chi connectivity index (χ1n) is 7.73. The summed E-state index contributed by atoms with van der Waals surface area (Å²) in [6.07, 6.45) is 3.42. The van der Waals surface area contributed by atoms with E-state index in [0.29, 0.717) is 6.54 Å². The molecule has 0 radical (unpaired) electrons. The maximum absolute atomic E-state index is 12.3. The van der Waals surface area contributed by atoms with Crippen molar-refractivity contribution in [2.75, 3.05) is 0 Å². The molecule has 2 N–H and O–H groups in total. The van der Waals surface area contributed by atoms with Crippen molar-refractivity contribution in [2.24, 2.45) is 0 Å². The number of hydrogen-bond donors (Lipinski definition) is 2. The first kappa shape index (κ1) is 15.7. The summed E-state index contributed by atoms with van der Waals surface area (Å²) in [5, 5.41) is 5.81. The molecule has 1 aromatic carbocycles. The average Bonchev–Trinajstić information content (AvgIpc) is 2.67. The third kappa shape index (κ3) is 4.16. The predicted molar refractivity (Wildman–Crippen MR) is 92.1 cm³/mol. The number of pyridine rings is 2. The second-order valence-corrected chi connectivity index (χ2v) is 5.25. The van der Waals surface area contributed by atoms with Gasteiger partial charge in [0, 0.05) is 12.4 Å². The van der Waals surface area contributed by atoms with Gasteiger partial charge in [0.1, 0.15) is 0 Å². The zero-order valence-corrected chi connectivity index (χ0v) is 13.1. The van der Waals surface area contributed by atoms with Crippen LogP contribution in [0.3, 0.4) is 0 Å². The standard InChI is InChI=1S/C19H18N4O/c24-19(22-14-16-10-4-6-12-20-16)23-18(15-8-2-1-3-9-15)17-11-5-7-13-21-17/h1-13,18H,14H2,(H2,22,23,24). The van der Waals surface area contributed by atoms with Crippen molar-refractivity contribution in [1.82, 2.24) is 20.6 Å². The highest BCUT2D eigenvalue weighted by Gasteiger charge is 2.17. The summed E-state index contributed by atoms with van der Waals surface area (Å²) in [7, 11) is 0. The normalized spacial score (nSPS) is 11.5. The van der Waals surface area contributed by atoms with Gasteiger partial charge in [-0.15, -0.1) is 0 Å². The quantitative estimate of drug-likeness (QED) is 0.760. The number of nitrogens with zero attached hydrogens (tertiary/aromatic N) is 2. The highest BCUT2D eigenvalue weighted by atomic mass is 16.2. The first-order chi connectivity index (χ1) is 11.8. The van der Waals surface area contributed by atoms with Gasteiger partial charge in [-0.3, -0.25) is 9.97 Å². The number of amides is 2. The molecule has 120 valence electrons. The van der Waals surface area contributed by atoms with E-state index in [9.17, 15) is 4.79 Å². The molecule has 0 aliphatic heterocycles. The zero-order valence-electron chi connectivity index (χ0n) is 13.1. The Hall–Kier alpha value is -3.21. The Labute approximate surface area is 140 Å². The molecule has 2 heterocycles. The Morgan fingerprint density at radius 3 is 2.25 bits per heavy atom. The second kappa shape index (κ2) is 7.87. The maximum atomic E-state index is 12.3. The highest BCUT2D eigenvalue weighted by Crippen LogP contribution is 2.19. The van der Waals surface area contributed by atoms with Gasteiger partial charge < -0.3 is 10.6 Å². The van der Waals surface area contributed by atoms with Crippen LogP contribution >= 0.6 is 0 Å². The number of rotatable bonds is 5. The van der Waals surface area contributed by atoms with E-state index in [1.54, 1.807) is 12.4 Å². The number of benzene rings is 1. The molecule has 0 aliphatic rings. The Bertz CT molecular complexity index is 724. The predicted octanol–water partition coefficient (Wildman–Crippen LogP) is 3.07. The van der Waals surface area contributed by atoms with Crippen molar-refractivity contribution in [2.45, 2.75) is 12.6 Å². The van der Waals surface area contributed by atoms with Crippen molar-refractivity contribution in [3.05, 3.63) is 96.1 Å². The molecule has 5 nitrogen and oxygen atoms in total. The largest absolute Gasteiger partial charge is 0.332 e. The summed E-state index contributed by atoms with van der Waals surface area (Å²) in [4.78, 5) is 20.9. The first-order valence-corrected chi connectivity index (χ1v) is 7.73. The van der Waals surface area contributed by atoms with Gasteiger partial charge in [0.25, 0.3) is 0 Å². The van der Waals surface area contributed by atoms with Crippen LogP contribution in [0.1, 0.15) is 23.0 Å². The van der Waals surface area contributed by atoms with Crippen molar-refractivity contribution >= 4 is 6.03 Å². The molecule has 1 atom stereocenters. The van der Waals surface area contributed by atoms with E-state index < -0.39 is 0 Å². The summed E-state index contributed by atoms with van der Waals surface area (Å²) in [5.41, 5.74) is 2.57. The lowest BCUT2D eigenvalue weighted by molar-refractivity contribution is 0.238. The summed E-state index contributed by atoms with van der Waals surface area (Å²) < 4.78 is 0. The smallest absolute Gasteiger partial charge is 0.315 e. The van der Waals surface area contributed by atoms with E-state index in [2.05, 4.69) is 20.6 Å². The van der Waals surface area contributed by atoms with E-state index >= 15 is 0 Å². The lowest BCUT2D eigenvalue weighted by Gasteiger charge is -2.19. The summed E-state index contributed by atoms with van der Waals surface area (Å²) >= 11 is 0. The van der Waals surface area contributed by atoms with Gasteiger partial charge in [-0.1, -0.05) is 42.5 Å². The van der Waals surface area contributed by atoms with Crippen LogP contribution in [-0.2, 0) is 6.54 Å². The molecule has 0 aliphatic carbocycles. The van der Waals surface area contributed by atoms with Crippen molar-refractivity contribution < 1.29 is 4.79 Å². The molecule has 3 rings (SSSR count). The van der Waals surface area contributed by atoms with Crippen molar-refractivity contribution in [3.63, 3.8) is 0 Å². The topological polar surface area (TPSA) is 66.9 Å². The number of urea groups is 1. The number of nitrogens with one attached hydrogen (secondary N) is 2. The summed E-state index contributed by atoms with van der Waals surface area (Å²) in [6.45, 7) is 0.371. The molecule has 0 spiro atoms. The molecule has 0 bridgehead atoms. The van der Waals surface area contributed by atoms with Crippen LogP contribution in [0.25, 0.3) is 0 Å². The van der Waals surface area contributed by atoms with Gasteiger partial charge in [-0.2, -0.15) is 0 Å². The summed E-state index contributed by atoms with van der Waals surface area (Å²) in [6, 6.07) is 20.5. The fourth-order valence-electron chi connectivity index (χ4n) is 2.38. The number of carbonyl (C=O) groups excluding carboxylic acids is 1. The number of hydrogen-bond acceptors (Lipinski definition) is 3. The Morgan fingerprint density at radius 2 is 1.58 bits per heavy atom. The van der Waals surface area contributed by atoms with Crippen LogP contribution in [0, 0.1) is 0 Å². The number of aromatic nitrogens is 2. The summed E-state index contributed by atoms with van der Waals surface area (Å²) in [5.74, 6) is 0. The van der Waals surface area contributed by atoms with Gasteiger partial charge >= 0.3 is 6.03 Å². The third-order valence-corrected chi connectivity index (χ3v) is 3.55. The molecular formula is C19H18N4O. The van der Waals surface area contributed by atoms with E-state index in [1.165, 1.54) is 0 Å². The fourth-order valence-corrected chi connectivity index (χ4v) is 2.38. The zero-order chi connectivity index (χ0) is 16.6. The van der Waals surface area contributed by atoms with Crippen molar-refractivity contribution in [1.29, 1.82) is 0 Å². The lowest BCUT2D eigenvalue weighted by Crippen LogP contribution is -2.38. The van der Waals surface area contributed by atoms with Gasteiger partial charge in [-0.25, -0.2) is 4.79 Å². The van der Waals surface area contributed by atoms with Crippen LogP contribution in [0.5, 0.6) is 0 Å². The van der Waals surface area contributed by atoms with Crippen LogP contribution in [0.15, 0.2) is 79.1 Å². The minimum Gasteiger partial charge on any atom is -0.332 e. The van der Waals surface area contributed by atoms with Gasteiger partial charge in [-0.05, 0) is 29.8 Å². The minimum absolute atomic E-state index is 0.264. The fraction of sp³-hybridized carbons (Fsp3) is 0.105. The Balaban J connectivity index is 1.71. The molecule has 1 unspecified atom stereocenters. The molecule has 5 heteroatoms. The minimum atomic E-state index is -0.309. The molecule has 3 aromatic rings. The molecule has 0 saturated carbocycles. The average molecular weight is 318 g/mol. The van der Waals surface area contributed by atoms with Crippen LogP contribution in [0.4, 0.5) is 4.79 Å². The lowest BCUT2D eigenvalue weighted by atomic mass is 10.0. The van der Waals surface area contributed by atoms with Crippen molar-refractivity contribution in [3.8, 4) is 0 Å². The SMILES string of the molecule is O=C(NCc1ccccn1)NC(c1ccccc1)c1ccccn1. The van der Waals surface area contributed by atoms with E-state index in [4.69, 9.17) is 0 Å². The molecule has 0 saturated heterocycles. The van der Waals surface area contributed by atoms with Crippen LogP contribution in [-0.4, -0.2) is 16.0 Å².